The molecule has 0 aliphatic rings. The van der Waals surface area contributed by atoms with Crippen molar-refractivity contribution in [3.05, 3.63) is 100 Å². The molecule has 280 valence electrons. The van der Waals surface area contributed by atoms with E-state index in [4.69, 9.17) is 40.7 Å². The van der Waals surface area contributed by atoms with E-state index in [2.05, 4.69) is 20.9 Å². The molecule has 0 bridgehead atoms. The smallest absolute Gasteiger partial charge is 0.323 e. The van der Waals surface area contributed by atoms with Crippen LogP contribution >= 0.6 is 11.6 Å². The summed E-state index contributed by atoms with van der Waals surface area (Å²) < 4.78 is 38.6. The third kappa shape index (κ3) is 10.6. The number of rotatable bonds is 21. The van der Waals surface area contributed by atoms with Crippen LogP contribution in [0.5, 0.6) is 17.2 Å². The molecule has 2 atom stereocenters. The Hall–Kier alpha value is -5.32. The number of carboxylic acid groups (broad SMARTS) is 2. The zero-order valence-corrected chi connectivity index (χ0v) is 29.1. The monoisotopic (exact) mass is 752 g/mol. The molecule has 0 saturated carbocycles. The summed E-state index contributed by atoms with van der Waals surface area (Å²) >= 11 is 6.59. The minimum atomic E-state index is -1.23. The maximum absolute atomic E-state index is 15.9. The molecule has 0 amide bonds. The number of aliphatic hydroxyl groups is 2. The summed E-state index contributed by atoms with van der Waals surface area (Å²) in [5.41, 5.74) is 3.54. The lowest BCUT2D eigenvalue weighted by molar-refractivity contribution is -0.141. The number of nitrogens with zero attached hydrogens (tertiary/aromatic N) is 2. The molecule has 14 nitrogen and oxygen atoms in total. The van der Waals surface area contributed by atoms with E-state index >= 15 is 4.39 Å². The topological polar surface area (TPSA) is 206 Å². The Morgan fingerprint density at radius 2 is 1.53 bits per heavy atom. The van der Waals surface area contributed by atoms with E-state index in [0.717, 1.165) is 5.56 Å². The molecule has 0 spiro atoms. The second-order valence-corrected chi connectivity index (χ2v) is 12.3. The van der Waals surface area contributed by atoms with Crippen LogP contribution in [0.25, 0.3) is 22.2 Å². The molecule has 0 unspecified atom stereocenters. The normalized spacial score (nSPS) is 12.4. The van der Waals surface area contributed by atoms with Gasteiger partial charge in [-0.25, -0.2) is 9.02 Å². The van der Waals surface area contributed by atoms with E-state index in [-0.39, 0.29) is 36.1 Å². The third-order valence-corrected chi connectivity index (χ3v) is 8.46. The number of benzene rings is 4. The number of aliphatic hydroxyl groups excluding tert-OH is 2. The van der Waals surface area contributed by atoms with Crippen LogP contribution in [0.15, 0.2) is 77.4 Å². The first-order valence-corrected chi connectivity index (χ1v) is 17.0. The molecular formula is C37H38ClFN4O10. The summed E-state index contributed by atoms with van der Waals surface area (Å²) in [4.78, 5) is 22.5. The van der Waals surface area contributed by atoms with Crippen LogP contribution in [0.4, 0.5) is 4.39 Å². The molecule has 0 saturated heterocycles. The van der Waals surface area contributed by atoms with Gasteiger partial charge in [0.25, 0.3) is 0 Å². The minimum Gasteiger partial charge on any atom is -0.494 e. The first-order valence-electron chi connectivity index (χ1n) is 16.6. The highest BCUT2D eigenvalue weighted by Gasteiger charge is 2.19. The Kier molecular flexibility index (Phi) is 13.9. The van der Waals surface area contributed by atoms with Crippen LogP contribution in [0.1, 0.15) is 29.5 Å². The van der Waals surface area contributed by atoms with E-state index in [1.165, 1.54) is 0 Å². The van der Waals surface area contributed by atoms with Gasteiger partial charge in [0.1, 0.15) is 59.4 Å². The Bertz CT molecular complexity index is 2010. The predicted octanol–water partition coefficient (Wildman–Crippen LogP) is 4.57. The van der Waals surface area contributed by atoms with Crippen LogP contribution in [0.2, 0.25) is 5.02 Å². The van der Waals surface area contributed by atoms with Crippen molar-refractivity contribution in [2.75, 3.05) is 26.4 Å². The quantitative estimate of drug-likeness (QED) is 0.0569. The molecule has 16 heteroatoms. The van der Waals surface area contributed by atoms with E-state index in [1.54, 1.807) is 72.8 Å². The summed E-state index contributed by atoms with van der Waals surface area (Å²) in [5, 5.41) is 50.3. The van der Waals surface area contributed by atoms with Gasteiger partial charge < -0.3 is 40.0 Å². The second kappa shape index (κ2) is 19.0. The summed E-state index contributed by atoms with van der Waals surface area (Å²) in [6, 6.07) is 18.1. The van der Waals surface area contributed by atoms with Gasteiger partial charge in [0.05, 0.1) is 24.8 Å². The van der Waals surface area contributed by atoms with Gasteiger partial charge in [0.2, 0.25) is 0 Å². The fraction of sp³-hybridized carbons (Fsp3) is 0.297. The maximum Gasteiger partial charge on any atom is 0.323 e. The molecule has 0 aliphatic heterocycles. The predicted molar refractivity (Wildman–Crippen MR) is 190 cm³/mol. The van der Waals surface area contributed by atoms with Crippen LogP contribution < -0.4 is 24.8 Å². The van der Waals surface area contributed by atoms with E-state index in [9.17, 15) is 19.8 Å². The zero-order chi connectivity index (χ0) is 37.7. The lowest BCUT2D eigenvalue weighted by atomic mass is 10.0. The molecule has 6 N–H and O–H groups in total. The summed E-state index contributed by atoms with van der Waals surface area (Å²) in [6.45, 7) is -0.460. The van der Waals surface area contributed by atoms with Crippen molar-refractivity contribution in [2.24, 2.45) is 0 Å². The number of ether oxygens (including phenoxy) is 3. The van der Waals surface area contributed by atoms with Crippen molar-refractivity contribution in [2.45, 2.75) is 44.7 Å². The SMILES string of the molecule is O=C(O)[C@@H](CO)NCCCCOc1cccc(-c2cccc(COc3cc(OCc4ccc5nonc5c4)c(CN[C@H](CO)C(=O)O)cc3Cl)c2F)c1. The minimum absolute atomic E-state index is 0.00635. The fourth-order valence-electron chi connectivity index (χ4n) is 5.25. The first-order chi connectivity index (χ1) is 25.7. The van der Waals surface area contributed by atoms with Gasteiger partial charge in [0.15, 0.2) is 0 Å². The molecule has 5 aromatic rings. The van der Waals surface area contributed by atoms with Gasteiger partial charge in [-0.05, 0) is 71.2 Å². The number of carboxylic acids is 2. The molecule has 5 rings (SSSR count). The highest BCUT2D eigenvalue weighted by molar-refractivity contribution is 6.32. The largest absolute Gasteiger partial charge is 0.494 e. The van der Waals surface area contributed by atoms with Crippen LogP contribution in [-0.4, -0.2) is 81.1 Å². The molecule has 0 radical (unpaired) electrons. The number of aromatic nitrogens is 2. The average Bonchev–Trinajstić information content (AvgIpc) is 3.62. The third-order valence-electron chi connectivity index (χ3n) is 8.17. The number of unbranched alkanes of at least 4 members (excludes halogenated alkanes) is 1. The Morgan fingerprint density at radius 3 is 2.30 bits per heavy atom. The zero-order valence-electron chi connectivity index (χ0n) is 28.3. The van der Waals surface area contributed by atoms with Crippen molar-refractivity contribution in [3.8, 4) is 28.4 Å². The molecular weight excluding hydrogens is 715 g/mol. The van der Waals surface area contributed by atoms with Gasteiger partial charge in [0, 0.05) is 29.3 Å². The second-order valence-electron chi connectivity index (χ2n) is 11.9. The van der Waals surface area contributed by atoms with E-state index < -0.39 is 43.1 Å². The molecule has 1 heterocycles. The maximum atomic E-state index is 15.9. The van der Waals surface area contributed by atoms with Gasteiger partial charge in [-0.3, -0.25) is 14.9 Å². The average molecular weight is 753 g/mol. The van der Waals surface area contributed by atoms with Gasteiger partial charge >= 0.3 is 11.9 Å². The molecule has 1 aromatic heterocycles. The van der Waals surface area contributed by atoms with Gasteiger partial charge in [-0.1, -0.05) is 48.0 Å². The molecule has 0 aliphatic carbocycles. The van der Waals surface area contributed by atoms with Crippen LogP contribution in [0.3, 0.4) is 0 Å². The summed E-state index contributed by atoms with van der Waals surface area (Å²) in [5.74, 6) is -1.79. The van der Waals surface area contributed by atoms with Gasteiger partial charge in [-0.2, -0.15) is 0 Å². The van der Waals surface area contributed by atoms with Crippen molar-refractivity contribution >= 4 is 34.6 Å². The fourth-order valence-corrected chi connectivity index (χ4v) is 5.49. The number of hydrogen-bond acceptors (Lipinski definition) is 12. The number of aliphatic carboxylic acids is 2. The van der Waals surface area contributed by atoms with Crippen molar-refractivity contribution in [3.63, 3.8) is 0 Å². The van der Waals surface area contributed by atoms with Crippen molar-refractivity contribution in [1.82, 2.24) is 20.9 Å². The summed E-state index contributed by atoms with van der Waals surface area (Å²) in [7, 11) is 0. The summed E-state index contributed by atoms with van der Waals surface area (Å²) in [6.07, 6.45) is 1.26. The number of carbonyl (C=O) groups is 2. The molecule has 4 aromatic carbocycles. The Balaban J connectivity index is 1.26. The molecule has 0 fully saturated rings. The van der Waals surface area contributed by atoms with E-state index in [1.807, 2.05) is 0 Å². The highest BCUT2D eigenvalue weighted by atomic mass is 35.5. The van der Waals surface area contributed by atoms with E-state index in [0.29, 0.717) is 65.2 Å². The number of hydrogen-bond donors (Lipinski definition) is 6. The van der Waals surface area contributed by atoms with Gasteiger partial charge in [-0.15, -0.1) is 0 Å². The number of nitrogens with one attached hydrogen (secondary N) is 2. The van der Waals surface area contributed by atoms with Crippen molar-refractivity contribution < 1.29 is 53.2 Å². The Labute approximate surface area is 308 Å². The lowest BCUT2D eigenvalue weighted by Crippen LogP contribution is -2.40. The van der Waals surface area contributed by atoms with Crippen LogP contribution in [0, 0.1) is 5.82 Å². The van der Waals surface area contributed by atoms with Crippen molar-refractivity contribution in [1.29, 1.82) is 0 Å². The lowest BCUT2D eigenvalue weighted by Gasteiger charge is -2.18. The first kappa shape index (κ1) is 38.9. The standard InChI is InChI=1S/C37H38ClFN4O10/c38-28-15-25(17-41-32(19-45)37(48)49)33(51-20-22-9-10-29-30(13-22)43-53-42-29)16-34(28)52-21-24-6-4-8-27(35(24)39)23-5-3-7-26(14-23)50-12-2-1-11-40-31(18-44)36(46)47/h3-10,13-16,31-32,40-41,44-45H,1-2,11-12,17-21H2,(H,46,47)(H,48,49)/t31-,32-/m1/s1. The highest BCUT2D eigenvalue weighted by Crippen LogP contribution is 2.35. The molecule has 53 heavy (non-hydrogen) atoms. The number of halogens is 2. The van der Waals surface area contributed by atoms with Crippen LogP contribution in [-0.2, 0) is 29.3 Å². The Morgan fingerprint density at radius 1 is 0.792 bits per heavy atom. The number of fused-ring (bicyclic) bond motifs is 1.